The largest absolute Gasteiger partial charge is 0.361 e. The third-order valence-corrected chi connectivity index (χ3v) is 3.39. The lowest BCUT2D eigenvalue weighted by atomic mass is 10.3. The Labute approximate surface area is 109 Å². The van der Waals surface area contributed by atoms with Gasteiger partial charge in [0, 0.05) is 12.0 Å². The second-order valence-corrected chi connectivity index (χ2v) is 4.93. The first-order chi connectivity index (χ1) is 9.06. The summed E-state index contributed by atoms with van der Waals surface area (Å²) in [6.45, 7) is 3.73. The quantitative estimate of drug-likeness (QED) is 0.623. The lowest BCUT2D eigenvalue weighted by molar-refractivity contribution is -0.386. The van der Waals surface area contributed by atoms with E-state index in [1.165, 1.54) is 0 Å². The second-order valence-electron chi connectivity index (χ2n) is 4.93. The predicted molar refractivity (Wildman–Crippen MR) is 65.9 cm³/mol. The van der Waals surface area contributed by atoms with Gasteiger partial charge in [-0.05, 0) is 26.7 Å². The Hall–Kier alpha value is -2.18. The molecule has 2 heterocycles. The molecule has 1 aliphatic rings. The van der Waals surface area contributed by atoms with Crippen molar-refractivity contribution in [2.45, 2.75) is 39.2 Å². The molecular formula is C12H14N4O3. The van der Waals surface area contributed by atoms with Gasteiger partial charge in [0.2, 0.25) is 0 Å². The highest BCUT2D eigenvalue weighted by atomic mass is 16.6. The Balaban J connectivity index is 1.86. The molecule has 0 amide bonds. The van der Waals surface area contributed by atoms with E-state index in [1.807, 2.05) is 6.07 Å². The molecule has 2 aromatic heterocycles. The number of rotatable bonds is 4. The van der Waals surface area contributed by atoms with Crippen LogP contribution in [-0.2, 0) is 6.54 Å². The normalized spacial score (nSPS) is 14.8. The summed E-state index contributed by atoms with van der Waals surface area (Å²) in [5.74, 6) is 1.42. The van der Waals surface area contributed by atoms with Gasteiger partial charge in [0.1, 0.15) is 22.8 Å². The average Bonchev–Trinajstić information content (AvgIpc) is 3.02. The summed E-state index contributed by atoms with van der Waals surface area (Å²) in [6.07, 6.45) is 2.31. The van der Waals surface area contributed by atoms with Crippen LogP contribution < -0.4 is 0 Å². The second kappa shape index (κ2) is 4.18. The van der Waals surface area contributed by atoms with Crippen LogP contribution >= 0.6 is 0 Å². The Morgan fingerprint density at radius 1 is 1.53 bits per heavy atom. The first kappa shape index (κ1) is 11.9. The molecule has 0 spiro atoms. The smallest absolute Gasteiger partial charge is 0.312 e. The maximum absolute atomic E-state index is 10.9. The van der Waals surface area contributed by atoms with Crippen LogP contribution in [-0.4, -0.2) is 19.9 Å². The van der Waals surface area contributed by atoms with Gasteiger partial charge in [-0.3, -0.25) is 14.8 Å². The summed E-state index contributed by atoms with van der Waals surface area (Å²) in [6, 6.07) is 1.92. The molecule has 100 valence electrons. The van der Waals surface area contributed by atoms with E-state index in [4.69, 9.17) is 4.52 Å². The van der Waals surface area contributed by atoms with Gasteiger partial charge in [0.05, 0.1) is 11.5 Å². The minimum Gasteiger partial charge on any atom is -0.361 e. The third-order valence-electron chi connectivity index (χ3n) is 3.39. The number of nitro groups is 1. The highest BCUT2D eigenvalue weighted by Crippen LogP contribution is 2.40. The molecule has 0 N–H and O–H groups in total. The van der Waals surface area contributed by atoms with Crippen LogP contribution in [0.15, 0.2) is 10.6 Å². The van der Waals surface area contributed by atoms with E-state index in [0.29, 0.717) is 23.9 Å². The maximum Gasteiger partial charge on any atom is 0.312 e. The minimum absolute atomic E-state index is 0.0749. The average molecular weight is 262 g/mol. The van der Waals surface area contributed by atoms with Gasteiger partial charge in [-0.25, -0.2) is 0 Å². The zero-order valence-electron chi connectivity index (χ0n) is 10.8. The van der Waals surface area contributed by atoms with Gasteiger partial charge in [0.15, 0.2) is 0 Å². The molecule has 7 heteroatoms. The molecule has 1 saturated carbocycles. The van der Waals surface area contributed by atoms with Crippen molar-refractivity contribution in [3.05, 3.63) is 39.0 Å². The Kier molecular flexibility index (Phi) is 2.62. The van der Waals surface area contributed by atoms with Crippen LogP contribution in [0.25, 0.3) is 0 Å². The molecule has 0 atom stereocenters. The molecule has 0 bridgehead atoms. The zero-order chi connectivity index (χ0) is 13.6. The van der Waals surface area contributed by atoms with Gasteiger partial charge in [-0.2, -0.15) is 5.10 Å². The Bertz CT molecular complexity index is 639. The van der Waals surface area contributed by atoms with Crippen LogP contribution in [0, 0.1) is 24.0 Å². The number of hydrogen-bond donors (Lipinski definition) is 0. The topological polar surface area (TPSA) is 87.0 Å². The Morgan fingerprint density at radius 2 is 2.26 bits per heavy atom. The van der Waals surface area contributed by atoms with Crippen molar-refractivity contribution in [3.8, 4) is 0 Å². The summed E-state index contributed by atoms with van der Waals surface area (Å²) in [4.78, 5) is 10.5. The lowest BCUT2D eigenvalue weighted by Crippen LogP contribution is -2.04. The fourth-order valence-corrected chi connectivity index (χ4v) is 2.22. The first-order valence-electron chi connectivity index (χ1n) is 6.20. The summed E-state index contributed by atoms with van der Waals surface area (Å²) in [7, 11) is 0. The standard InChI is InChI=1S/C12H14N4O3/c1-7-12(16(17)18)8(2)15(13-7)6-10-5-11(19-14-10)9-3-4-9/h5,9H,3-4,6H2,1-2H3. The lowest BCUT2D eigenvalue weighted by Gasteiger charge is -1.98. The van der Waals surface area contributed by atoms with E-state index in [9.17, 15) is 10.1 Å². The first-order valence-corrected chi connectivity index (χ1v) is 6.20. The number of aryl methyl sites for hydroxylation is 1. The van der Waals surface area contributed by atoms with Crippen molar-refractivity contribution in [1.29, 1.82) is 0 Å². The van der Waals surface area contributed by atoms with Crippen LogP contribution in [0.4, 0.5) is 5.69 Å². The number of nitrogens with zero attached hydrogens (tertiary/aromatic N) is 4. The monoisotopic (exact) mass is 262 g/mol. The maximum atomic E-state index is 10.9. The van der Waals surface area contributed by atoms with Crippen LogP contribution in [0.2, 0.25) is 0 Å². The molecule has 0 saturated heterocycles. The zero-order valence-corrected chi connectivity index (χ0v) is 10.8. The van der Waals surface area contributed by atoms with E-state index >= 15 is 0 Å². The van der Waals surface area contributed by atoms with E-state index < -0.39 is 4.92 Å². The highest BCUT2D eigenvalue weighted by Gasteiger charge is 2.28. The molecule has 19 heavy (non-hydrogen) atoms. The van der Waals surface area contributed by atoms with Gasteiger partial charge in [-0.15, -0.1) is 0 Å². The van der Waals surface area contributed by atoms with Crippen molar-refractivity contribution >= 4 is 5.69 Å². The molecule has 0 radical (unpaired) electrons. The summed E-state index contributed by atoms with van der Waals surface area (Å²) < 4.78 is 6.86. The van der Waals surface area contributed by atoms with Crippen molar-refractivity contribution < 1.29 is 9.45 Å². The van der Waals surface area contributed by atoms with Crippen LogP contribution in [0.5, 0.6) is 0 Å². The van der Waals surface area contributed by atoms with E-state index in [0.717, 1.165) is 24.3 Å². The number of aromatic nitrogens is 3. The van der Waals surface area contributed by atoms with E-state index in [-0.39, 0.29) is 5.69 Å². The fourth-order valence-electron chi connectivity index (χ4n) is 2.22. The molecule has 2 aromatic rings. The van der Waals surface area contributed by atoms with Gasteiger partial charge in [-0.1, -0.05) is 5.16 Å². The molecule has 0 aliphatic heterocycles. The number of hydrogen-bond acceptors (Lipinski definition) is 5. The molecule has 1 aliphatic carbocycles. The summed E-state index contributed by atoms with van der Waals surface area (Å²) in [5, 5.41) is 19.1. The van der Waals surface area contributed by atoms with Crippen molar-refractivity contribution in [2.75, 3.05) is 0 Å². The molecule has 0 unspecified atom stereocenters. The molecule has 7 nitrogen and oxygen atoms in total. The van der Waals surface area contributed by atoms with E-state index in [2.05, 4.69) is 10.3 Å². The van der Waals surface area contributed by atoms with Gasteiger partial charge in [0.25, 0.3) is 0 Å². The van der Waals surface area contributed by atoms with Crippen molar-refractivity contribution in [2.24, 2.45) is 0 Å². The fraction of sp³-hybridized carbons (Fsp3) is 0.500. The van der Waals surface area contributed by atoms with Crippen molar-refractivity contribution in [3.63, 3.8) is 0 Å². The van der Waals surface area contributed by atoms with Crippen LogP contribution in [0.3, 0.4) is 0 Å². The predicted octanol–water partition coefficient (Wildman–Crippen LogP) is 2.32. The molecule has 0 aromatic carbocycles. The SMILES string of the molecule is Cc1nn(Cc2cc(C3CC3)on2)c(C)c1[N+](=O)[O-]. The van der Waals surface area contributed by atoms with Gasteiger partial charge < -0.3 is 4.52 Å². The molecule has 1 fully saturated rings. The Morgan fingerprint density at radius 3 is 2.84 bits per heavy atom. The molecular weight excluding hydrogens is 248 g/mol. The summed E-state index contributed by atoms with van der Waals surface area (Å²) >= 11 is 0. The van der Waals surface area contributed by atoms with Crippen LogP contribution in [0.1, 0.15) is 41.6 Å². The van der Waals surface area contributed by atoms with E-state index in [1.54, 1.807) is 18.5 Å². The minimum atomic E-state index is -0.396. The third kappa shape index (κ3) is 2.11. The summed E-state index contributed by atoms with van der Waals surface area (Å²) in [5.41, 5.74) is 1.79. The van der Waals surface area contributed by atoms with Crippen molar-refractivity contribution in [1.82, 2.24) is 14.9 Å². The van der Waals surface area contributed by atoms with Gasteiger partial charge >= 0.3 is 5.69 Å². The highest BCUT2D eigenvalue weighted by molar-refractivity contribution is 5.39. The molecule has 3 rings (SSSR count).